The summed E-state index contributed by atoms with van der Waals surface area (Å²) in [4.78, 5) is 11.5. The van der Waals surface area contributed by atoms with Crippen LogP contribution in [0.15, 0.2) is 84.9 Å². The van der Waals surface area contributed by atoms with Crippen molar-refractivity contribution in [2.75, 3.05) is 26.8 Å². The van der Waals surface area contributed by atoms with Gasteiger partial charge in [0.15, 0.2) is 6.61 Å². The van der Waals surface area contributed by atoms with Gasteiger partial charge in [-0.1, -0.05) is 60.7 Å². The molecule has 0 fully saturated rings. The van der Waals surface area contributed by atoms with Crippen LogP contribution in [0, 0.1) is 5.82 Å². The van der Waals surface area contributed by atoms with E-state index in [2.05, 4.69) is 52.5 Å². The first-order chi connectivity index (χ1) is 18.1. The van der Waals surface area contributed by atoms with Gasteiger partial charge in [-0.2, -0.15) is 0 Å². The largest absolute Gasteiger partial charge is 0.489 e. The van der Waals surface area contributed by atoms with E-state index in [4.69, 9.17) is 9.47 Å². The molecule has 0 saturated heterocycles. The number of para-hydroxylation sites is 1. The van der Waals surface area contributed by atoms with Crippen molar-refractivity contribution >= 4 is 16.7 Å². The van der Waals surface area contributed by atoms with Crippen molar-refractivity contribution in [3.05, 3.63) is 107 Å². The van der Waals surface area contributed by atoms with Crippen molar-refractivity contribution in [1.29, 1.82) is 0 Å². The smallest absolute Gasteiger partial charge is 0.343 e. The van der Waals surface area contributed by atoms with Crippen LogP contribution in [0.25, 0.3) is 10.8 Å². The molecule has 0 spiro atoms. The highest BCUT2D eigenvalue weighted by Gasteiger charge is 2.29. The molecule has 0 radical (unpaired) electrons. The van der Waals surface area contributed by atoms with Crippen molar-refractivity contribution < 1.29 is 23.4 Å². The lowest BCUT2D eigenvalue weighted by Gasteiger charge is -2.33. The minimum atomic E-state index is -0.517. The number of rotatable bonds is 9. The van der Waals surface area contributed by atoms with Gasteiger partial charge in [0.25, 0.3) is 0 Å². The molecule has 5 rings (SSSR count). The number of ether oxygens (including phenoxy) is 3. The number of carbonyl (C=O) groups is 1. The van der Waals surface area contributed by atoms with E-state index in [9.17, 15) is 9.18 Å². The Hall–Kier alpha value is -3.90. The predicted octanol–water partition coefficient (Wildman–Crippen LogP) is 5.65. The fourth-order valence-electron chi connectivity index (χ4n) is 5.00. The van der Waals surface area contributed by atoms with Crippen LogP contribution in [0.4, 0.5) is 4.39 Å². The number of carbonyl (C=O) groups excluding carboxylic acids is 1. The molecule has 5 nitrogen and oxygen atoms in total. The molecule has 0 saturated carbocycles. The summed E-state index contributed by atoms with van der Waals surface area (Å²) in [6.07, 6.45) is 1.53. The van der Waals surface area contributed by atoms with E-state index in [1.807, 2.05) is 24.3 Å². The zero-order valence-corrected chi connectivity index (χ0v) is 20.8. The summed E-state index contributed by atoms with van der Waals surface area (Å²) < 4.78 is 31.0. The number of methoxy groups -OCH3 is 1. The first-order valence-electron chi connectivity index (χ1n) is 12.5. The van der Waals surface area contributed by atoms with E-state index in [1.165, 1.54) is 35.6 Å². The van der Waals surface area contributed by atoms with Gasteiger partial charge in [0.2, 0.25) is 0 Å². The molecule has 0 unspecified atom stereocenters. The Balaban J connectivity index is 1.27. The Morgan fingerprint density at radius 3 is 2.73 bits per heavy atom. The summed E-state index contributed by atoms with van der Waals surface area (Å²) in [6.45, 7) is 1.23. The maximum Gasteiger partial charge on any atom is 0.343 e. The Morgan fingerprint density at radius 2 is 1.84 bits per heavy atom. The molecular formula is C31H30FNO4. The molecular weight excluding hydrogens is 469 g/mol. The van der Waals surface area contributed by atoms with Gasteiger partial charge in [0.1, 0.15) is 23.4 Å². The standard InChI is InChI=1S/C31H30FNO4/c1-35-31(34)20-36-25-16-23(15-24(32)17-25)29-18-26(37-30-12-5-4-11-28(29)30)19-33-14-13-22-9-6-8-21-7-2-3-10-27(21)22/h2-12,15-17,26,29,33H,13-14,18-20H2,1H3/t26-,29+/m1/s1. The van der Waals surface area contributed by atoms with Crippen molar-refractivity contribution in [3.63, 3.8) is 0 Å². The van der Waals surface area contributed by atoms with Crippen LogP contribution in [0.2, 0.25) is 0 Å². The number of hydrogen-bond acceptors (Lipinski definition) is 5. The maximum absolute atomic E-state index is 14.5. The summed E-state index contributed by atoms with van der Waals surface area (Å²) in [5.41, 5.74) is 3.12. The monoisotopic (exact) mass is 499 g/mol. The maximum atomic E-state index is 14.5. The van der Waals surface area contributed by atoms with Crippen LogP contribution < -0.4 is 14.8 Å². The van der Waals surface area contributed by atoms with Crippen LogP contribution in [-0.4, -0.2) is 38.9 Å². The number of hydrogen-bond donors (Lipinski definition) is 1. The number of halogens is 1. The molecule has 6 heteroatoms. The lowest BCUT2D eigenvalue weighted by Crippen LogP contribution is -2.36. The molecule has 0 aromatic heterocycles. The van der Waals surface area contributed by atoms with Crippen LogP contribution in [0.3, 0.4) is 0 Å². The van der Waals surface area contributed by atoms with Gasteiger partial charge in [-0.15, -0.1) is 0 Å². The molecule has 1 N–H and O–H groups in total. The molecule has 1 aliphatic rings. The molecule has 0 bridgehead atoms. The number of nitrogens with one attached hydrogen (secondary N) is 1. The highest BCUT2D eigenvalue weighted by Crippen LogP contribution is 2.41. The molecule has 0 amide bonds. The summed E-state index contributed by atoms with van der Waals surface area (Å²) in [6, 6.07) is 27.3. The van der Waals surface area contributed by atoms with Crippen LogP contribution >= 0.6 is 0 Å². The number of benzene rings is 4. The van der Waals surface area contributed by atoms with Gasteiger partial charge >= 0.3 is 5.97 Å². The molecule has 1 aliphatic heterocycles. The molecule has 1 heterocycles. The van der Waals surface area contributed by atoms with Gasteiger partial charge in [0.05, 0.1) is 7.11 Å². The van der Waals surface area contributed by atoms with Gasteiger partial charge in [0, 0.05) is 24.1 Å². The zero-order chi connectivity index (χ0) is 25.6. The van der Waals surface area contributed by atoms with Crippen molar-refractivity contribution in [2.24, 2.45) is 0 Å². The third kappa shape index (κ3) is 5.92. The van der Waals surface area contributed by atoms with Gasteiger partial charge in [-0.25, -0.2) is 9.18 Å². The topological polar surface area (TPSA) is 56.8 Å². The number of fused-ring (bicyclic) bond motifs is 2. The second-order valence-corrected chi connectivity index (χ2v) is 9.24. The van der Waals surface area contributed by atoms with Gasteiger partial charge in [-0.3, -0.25) is 0 Å². The summed E-state index contributed by atoms with van der Waals surface area (Å²) in [7, 11) is 1.29. The Morgan fingerprint density at radius 1 is 1.03 bits per heavy atom. The average molecular weight is 500 g/mol. The minimum Gasteiger partial charge on any atom is -0.489 e. The third-order valence-electron chi connectivity index (χ3n) is 6.79. The Bertz CT molecular complexity index is 1380. The van der Waals surface area contributed by atoms with E-state index in [0.29, 0.717) is 18.7 Å². The van der Waals surface area contributed by atoms with Crippen LogP contribution in [-0.2, 0) is 16.0 Å². The second kappa shape index (κ2) is 11.4. The van der Waals surface area contributed by atoms with Crippen LogP contribution in [0.1, 0.15) is 29.0 Å². The fourth-order valence-corrected chi connectivity index (χ4v) is 5.00. The van der Waals surface area contributed by atoms with E-state index in [-0.39, 0.29) is 18.6 Å². The molecule has 4 aromatic carbocycles. The van der Waals surface area contributed by atoms with E-state index >= 15 is 0 Å². The minimum absolute atomic E-state index is 0.0639. The first kappa shape index (κ1) is 24.8. The Kier molecular flexibility index (Phi) is 7.66. The van der Waals surface area contributed by atoms with Crippen molar-refractivity contribution in [3.8, 4) is 11.5 Å². The lowest BCUT2D eigenvalue weighted by molar-refractivity contribution is -0.142. The molecule has 190 valence electrons. The molecule has 37 heavy (non-hydrogen) atoms. The first-order valence-corrected chi connectivity index (χ1v) is 12.5. The average Bonchev–Trinajstić information content (AvgIpc) is 2.93. The van der Waals surface area contributed by atoms with Crippen molar-refractivity contribution in [2.45, 2.75) is 24.9 Å². The van der Waals surface area contributed by atoms with Crippen molar-refractivity contribution in [1.82, 2.24) is 5.32 Å². The summed E-state index contributed by atoms with van der Waals surface area (Å²) in [5.74, 6) is 0.115. The summed E-state index contributed by atoms with van der Waals surface area (Å²) >= 11 is 0. The SMILES string of the molecule is COC(=O)COc1cc(F)cc([C@@H]2C[C@H](CNCCc3cccc4ccccc34)Oc3ccccc32)c1. The second-order valence-electron chi connectivity index (χ2n) is 9.24. The van der Waals surface area contributed by atoms with E-state index in [0.717, 1.165) is 29.8 Å². The zero-order valence-electron chi connectivity index (χ0n) is 20.8. The molecule has 0 aliphatic carbocycles. The highest BCUT2D eigenvalue weighted by molar-refractivity contribution is 5.85. The van der Waals surface area contributed by atoms with E-state index < -0.39 is 11.8 Å². The van der Waals surface area contributed by atoms with Gasteiger partial charge in [-0.05, 0) is 59.5 Å². The highest BCUT2D eigenvalue weighted by atomic mass is 19.1. The van der Waals surface area contributed by atoms with E-state index in [1.54, 1.807) is 6.07 Å². The number of esters is 1. The summed E-state index contributed by atoms with van der Waals surface area (Å²) in [5, 5.41) is 6.09. The Labute approximate surface area is 216 Å². The fraction of sp³-hybridized carbons (Fsp3) is 0.258. The van der Waals surface area contributed by atoms with Crippen LogP contribution in [0.5, 0.6) is 11.5 Å². The molecule has 4 aromatic rings. The van der Waals surface area contributed by atoms with Gasteiger partial charge < -0.3 is 19.5 Å². The third-order valence-corrected chi connectivity index (χ3v) is 6.79. The predicted molar refractivity (Wildman–Crippen MR) is 142 cm³/mol. The normalized spacial score (nSPS) is 16.6. The lowest BCUT2D eigenvalue weighted by atomic mass is 9.84. The molecule has 2 atom stereocenters. The quantitative estimate of drug-likeness (QED) is 0.238.